The van der Waals surface area contributed by atoms with Gasteiger partial charge >= 0.3 is 0 Å². The van der Waals surface area contributed by atoms with Gasteiger partial charge in [0, 0.05) is 47.3 Å². The summed E-state index contributed by atoms with van der Waals surface area (Å²) in [5.74, 6) is -0.377. The Bertz CT molecular complexity index is 1270. The lowest BCUT2D eigenvalue weighted by Gasteiger charge is -2.32. The summed E-state index contributed by atoms with van der Waals surface area (Å²) in [5, 5.41) is 3.60. The Morgan fingerprint density at radius 2 is 1.79 bits per heavy atom. The molecule has 5 rings (SSSR count). The minimum absolute atomic E-state index is 0.0657. The second-order valence-electron chi connectivity index (χ2n) is 8.26. The molecule has 1 N–H and O–H groups in total. The molecule has 1 unspecified atom stereocenters. The molecule has 1 atom stereocenters. The highest BCUT2D eigenvalue weighted by atomic mass is 35.5. The molecule has 0 radical (unpaired) electrons. The molecule has 7 heteroatoms. The third-order valence-corrected chi connectivity index (χ3v) is 6.23. The number of imidazole rings is 1. The molecule has 3 heterocycles. The van der Waals surface area contributed by atoms with Gasteiger partial charge in [-0.2, -0.15) is 0 Å². The summed E-state index contributed by atoms with van der Waals surface area (Å²) in [4.78, 5) is 32.1. The lowest BCUT2D eigenvalue weighted by atomic mass is 9.96. The maximum absolute atomic E-state index is 12.9. The van der Waals surface area contributed by atoms with Crippen LogP contribution in [0.15, 0.2) is 79.1 Å². The fraction of sp³-hybridized carbons (Fsp3) is 0.192. The zero-order chi connectivity index (χ0) is 22.8. The average molecular weight is 459 g/mol. The average Bonchev–Trinajstić information content (AvgIpc) is 3.29. The van der Waals surface area contributed by atoms with Crippen molar-refractivity contribution in [2.75, 3.05) is 18.4 Å². The normalized spacial score (nSPS) is 16.0. The molecule has 0 bridgehead atoms. The van der Waals surface area contributed by atoms with Crippen molar-refractivity contribution in [1.29, 1.82) is 0 Å². The molecular formula is C26H23ClN4O2. The zero-order valence-corrected chi connectivity index (χ0v) is 18.7. The third kappa shape index (κ3) is 4.61. The smallest absolute Gasteiger partial charge is 0.253 e. The Hall–Kier alpha value is -3.64. The molecule has 0 saturated carbocycles. The van der Waals surface area contributed by atoms with E-state index in [4.69, 9.17) is 11.6 Å². The monoisotopic (exact) mass is 458 g/mol. The minimum atomic E-state index is -0.242. The van der Waals surface area contributed by atoms with E-state index in [0.717, 1.165) is 35.4 Å². The van der Waals surface area contributed by atoms with Gasteiger partial charge in [0.2, 0.25) is 5.91 Å². The van der Waals surface area contributed by atoms with Crippen LogP contribution in [0.2, 0.25) is 5.02 Å². The van der Waals surface area contributed by atoms with Crippen LogP contribution in [0.4, 0.5) is 5.69 Å². The zero-order valence-electron chi connectivity index (χ0n) is 17.9. The van der Waals surface area contributed by atoms with Gasteiger partial charge in [0.15, 0.2) is 0 Å². The van der Waals surface area contributed by atoms with Crippen molar-refractivity contribution in [3.8, 4) is 11.3 Å². The lowest BCUT2D eigenvalue weighted by Crippen LogP contribution is -2.43. The molecular weight excluding hydrogens is 436 g/mol. The van der Waals surface area contributed by atoms with Gasteiger partial charge in [-0.05, 0) is 61.4 Å². The van der Waals surface area contributed by atoms with Crippen LogP contribution in [0.5, 0.6) is 0 Å². The first kappa shape index (κ1) is 21.2. The lowest BCUT2D eigenvalue weighted by molar-refractivity contribution is -0.121. The molecule has 1 fully saturated rings. The van der Waals surface area contributed by atoms with Gasteiger partial charge in [0.1, 0.15) is 5.65 Å². The van der Waals surface area contributed by atoms with E-state index >= 15 is 0 Å². The van der Waals surface area contributed by atoms with Crippen molar-refractivity contribution >= 4 is 34.7 Å². The number of halogens is 1. The van der Waals surface area contributed by atoms with E-state index in [2.05, 4.69) is 10.3 Å². The summed E-state index contributed by atoms with van der Waals surface area (Å²) >= 11 is 5.92. The predicted octanol–water partition coefficient (Wildman–Crippen LogP) is 5.15. The summed E-state index contributed by atoms with van der Waals surface area (Å²) < 4.78 is 1.98. The Morgan fingerprint density at radius 3 is 2.55 bits per heavy atom. The number of hydrogen-bond acceptors (Lipinski definition) is 3. The van der Waals surface area contributed by atoms with E-state index in [1.807, 2.05) is 59.3 Å². The van der Waals surface area contributed by atoms with E-state index in [1.165, 1.54) is 0 Å². The topological polar surface area (TPSA) is 66.7 Å². The van der Waals surface area contributed by atoms with Gasteiger partial charge < -0.3 is 14.6 Å². The number of amides is 2. The number of carbonyl (C=O) groups is 2. The van der Waals surface area contributed by atoms with Gasteiger partial charge in [-0.3, -0.25) is 9.59 Å². The molecule has 2 aromatic heterocycles. The molecule has 1 aliphatic heterocycles. The first-order valence-corrected chi connectivity index (χ1v) is 11.3. The van der Waals surface area contributed by atoms with Crippen molar-refractivity contribution in [1.82, 2.24) is 14.3 Å². The third-order valence-electron chi connectivity index (χ3n) is 5.98. The summed E-state index contributed by atoms with van der Waals surface area (Å²) in [7, 11) is 0. The Morgan fingerprint density at radius 1 is 1.00 bits per heavy atom. The second kappa shape index (κ2) is 9.08. The molecule has 6 nitrogen and oxygen atoms in total. The van der Waals surface area contributed by atoms with Gasteiger partial charge in [-0.15, -0.1) is 0 Å². The predicted molar refractivity (Wildman–Crippen MR) is 129 cm³/mol. The highest BCUT2D eigenvalue weighted by Gasteiger charge is 2.29. The Labute approximate surface area is 196 Å². The fourth-order valence-corrected chi connectivity index (χ4v) is 4.32. The van der Waals surface area contributed by atoms with Crippen molar-refractivity contribution in [2.24, 2.45) is 5.92 Å². The first-order chi connectivity index (χ1) is 16.1. The molecule has 0 aliphatic carbocycles. The summed E-state index contributed by atoms with van der Waals surface area (Å²) in [5.41, 5.74) is 4.06. The number of aromatic nitrogens is 2. The summed E-state index contributed by atoms with van der Waals surface area (Å²) in [6.07, 6.45) is 5.50. The minimum Gasteiger partial charge on any atom is -0.338 e. The molecule has 166 valence electrons. The van der Waals surface area contributed by atoms with Crippen LogP contribution in [0.1, 0.15) is 23.2 Å². The molecule has 2 aromatic carbocycles. The highest BCUT2D eigenvalue weighted by Crippen LogP contribution is 2.24. The number of pyridine rings is 1. The summed E-state index contributed by atoms with van der Waals surface area (Å²) in [6.45, 7) is 1.06. The van der Waals surface area contributed by atoms with Crippen molar-refractivity contribution in [3.63, 3.8) is 0 Å². The molecule has 1 saturated heterocycles. The van der Waals surface area contributed by atoms with E-state index in [0.29, 0.717) is 23.7 Å². The number of rotatable bonds is 4. The van der Waals surface area contributed by atoms with Crippen molar-refractivity contribution < 1.29 is 9.59 Å². The Kier molecular flexibility index (Phi) is 5.84. The van der Waals surface area contributed by atoms with Crippen LogP contribution in [0.25, 0.3) is 16.9 Å². The Balaban J connectivity index is 1.23. The number of fused-ring (bicyclic) bond motifs is 1. The number of benzene rings is 2. The van der Waals surface area contributed by atoms with Crippen LogP contribution in [-0.4, -0.2) is 39.2 Å². The van der Waals surface area contributed by atoms with Crippen LogP contribution in [-0.2, 0) is 4.79 Å². The molecule has 2 amide bonds. The maximum atomic E-state index is 12.9. The summed E-state index contributed by atoms with van der Waals surface area (Å²) in [6, 6.07) is 20.4. The van der Waals surface area contributed by atoms with Crippen LogP contribution < -0.4 is 5.32 Å². The van der Waals surface area contributed by atoms with Gasteiger partial charge in [0.05, 0.1) is 11.6 Å². The number of carbonyl (C=O) groups excluding carboxylic acids is 2. The van der Waals surface area contributed by atoms with E-state index in [-0.39, 0.29) is 17.7 Å². The molecule has 4 aromatic rings. The van der Waals surface area contributed by atoms with Gasteiger partial charge in [0.25, 0.3) is 5.91 Å². The number of nitrogens with zero attached hydrogens (tertiary/aromatic N) is 3. The van der Waals surface area contributed by atoms with Crippen LogP contribution in [0.3, 0.4) is 0 Å². The fourth-order valence-electron chi connectivity index (χ4n) is 4.19. The van der Waals surface area contributed by atoms with Gasteiger partial charge in [-0.25, -0.2) is 4.98 Å². The standard InChI is InChI=1S/C26H23ClN4O2/c27-21-10-6-19(7-11-21)26(33)31-15-3-4-20(16-31)25(32)28-22-12-8-18(9-13-22)23-17-30-14-2-1-5-24(30)29-23/h1-2,5-14,17,20H,3-4,15-16H2,(H,28,32). The van der Waals surface area contributed by atoms with E-state index in [9.17, 15) is 9.59 Å². The number of likely N-dealkylation sites (tertiary alicyclic amines) is 1. The maximum Gasteiger partial charge on any atom is 0.253 e. The van der Waals surface area contributed by atoms with Gasteiger partial charge in [-0.1, -0.05) is 29.8 Å². The van der Waals surface area contributed by atoms with E-state index < -0.39 is 0 Å². The number of piperidine rings is 1. The number of nitrogens with one attached hydrogen (secondary N) is 1. The van der Waals surface area contributed by atoms with Crippen molar-refractivity contribution in [2.45, 2.75) is 12.8 Å². The van der Waals surface area contributed by atoms with Crippen molar-refractivity contribution in [3.05, 3.63) is 89.7 Å². The number of anilines is 1. The highest BCUT2D eigenvalue weighted by molar-refractivity contribution is 6.30. The molecule has 1 aliphatic rings. The molecule has 0 spiro atoms. The van der Waals surface area contributed by atoms with Crippen LogP contribution in [0, 0.1) is 5.92 Å². The van der Waals surface area contributed by atoms with E-state index in [1.54, 1.807) is 29.2 Å². The SMILES string of the molecule is O=C(Nc1ccc(-c2cn3ccccc3n2)cc1)C1CCCN(C(=O)c2ccc(Cl)cc2)C1. The molecule has 33 heavy (non-hydrogen) atoms. The second-order valence-corrected chi connectivity index (χ2v) is 8.69. The first-order valence-electron chi connectivity index (χ1n) is 11.0. The van der Waals surface area contributed by atoms with Crippen LogP contribution >= 0.6 is 11.6 Å². The quantitative estimate of drug-likeness (QED) is 0.460. The largest absolute Gasteiger partial charge is 0.338 e. The number of hydrogen-bond donors (Lipinski definition) is 1.